The maximum Gasteiger partial charge on any atom is 0.416 e. The molecule has 0 N–H and O–H groups in total. The maximum absolute atomic E-state index is 12.8. The van der Waals surface area contributed by atoms with Crippen LogP contribution in [0.5, 0.6) is 0 Å². The summed E-state index contributed by atoms with van der Waals surface area (Å²) in [5, 5.41) is 0.598. The number of para-hydroxylation sites is 1. The number of halogens is 3. The van der Waals surface area contributed by atoms with E-state index in [0.717, 1.165) is 11.2 Å². The average Bonchev–Trinajstić information content (AvgIpc) is 2.83. The third kappa shape index (κ3) is 2.07. The van der Waals surface area contributed by atoms with E-state index in [1.807, 2.05) is 34.9 Å². The highest BCUT2D eigenvalue weighted by Gasteiger charge is 2.31. The van der Waals surface area contributed by atoms with Gasteiger partial charge in [-0.05, 0) is 42.8 Å². The minimum atomic E-state index is -4.31. The highest BCUT2D eigenvalue weighted by Crippen LogP contribution is 2.34. The second-order valence-corrected chi connectivity index (χ2v) is 4.75. The van der Waals surface area contributed by atoms with Crippen molar-refractivity contribution in [3.05, 3.63) is 65.9 Å². The lowest BCUT2D eigenvalue weighted by Crippen LogP contribution is -2.05. The highest BCUT2D eigenvalue weighted by molar-refractivity contribution is 5.85. The first-order valence-corrected chi connectivity index (χ1v) is 6.21. The maximum atomic E-state index is 12.8. The Morgan fingerprint density at radius 1 is 0.950 bits per heavy atom. The molecule has 0 aliphatic carbocycles. The highest BCUT2D eigenvalue weighted by atomic mass is 19.4. The molecule has 0 fully saturated rings. The van der Waals surface area contributed by atoms with E-state index in [1.165, 1.54) is 12.1 Å². The smallest absolute Gasteiger partial charge is 0.316 e. The molecular formula is C16H12F3N. The zero-order chi connectivity index (χ0) is 14.3. The molecule has 0 aliphatic rings. The van der Waals surface area contributed by atoms with Gasteiger partial charge in [-0.25, -0.2) is 0 Å². The molecule has 0 amide bonds. The number of aryl methyl sites for hydroxylation is 1. The van der Waals surface area contributed by atoms with Gasteiger partial charge in [-0.2, -0.15) is 13.2 Å². The summed E-state index contributed by atoms with van der Waals surface area (Å²) in [4.78, 5) is 0. The molecule has 102 valence electrons. The van der Waals surface area contributed by atoms with Crippen LogP contribution in [0.25, 0.3) is 16.6 Å². The molecule has 20 heavy (non-hydrogen) atoms. The van der Waals surface area contributed by atoms with Gasteiger partial charge in [0.1, 0.15) is 0 Å². The number of fused-ring (bicyclic) bond motifs is 1. The summed E-state index contributed by atoms with van der Waals surface area (Å²) in [5.74, 6) is 0. The van der Waals surface area contributed by atoms with Crippen LogP contribution in [-0.2, 0) is 6.18 Å². The Morgan fingerprint density at radius 3 is 2.30 bits per heavy atom. The number of rotatable bonds is 1. The zero-order valence-corrected chi connectivity index (χ0v) is 10.8. The molecule has 0 bridgehead atoms. The van der Waals surface area contributed by atoms with Crippen molar-refractivity contribution in [1.29, 1.82) is 0 Å². The average molecular weight is 275 g/mol. The van der Waals surface area contributed by atoms with E-state index in [4.69, 9.17) is 0 Å². The quantitative estimate of drug-likeness (QED) is 0.591. The van der Waals surface area contributed by atoms with Crippen LogP contribution in [0.3, 0.4) is 0 Å². The third-order valence-electron chi connectivity index (χ3n) is 3.34. The second-order valence-electron chi connectivity index (χ2n) is 4.75. The van der Waals surface area contributed by atoms with Crippen molar-refractivity contribution in [2.45, 2.75) is 13.1 Å². The topological polar surface area (TPSA) is 4.93 Å². The van der Waals surface area contributed by atoms with Gasteiger partial charge in [0.2, 0.25) is 0 Å². The van der Waals surface area contributed by atoms with Gasteiger partial charge in [-0.1, -0.05) is 18.2 Å². The first-order chi connectivity index (χ1) is 9.47. The van der Waals surface area contributed by atoms with E-state index in [2.05, 4.69) is 0 Å². The number of aromatic nitrogens is 1. The van der Waals surface area contributed by atoms with Gasteiger partial charge < -0.3 is 4.57 Å². The van der Waals surface area contributed by atoms with E-state index in [0.29, 0.717) is 10.9 Å². The summed E-state index contributed by atoms with van der Waals surface area (Å²) >= 11 is 0. The van der Waals surface area contributed by atoms with Crippen molar-refractivity contribution >= 4 is 10.9 Å². The van der Waals surface area contributed by atoms with Crippen LogP contribution in [0.15, 0.2) is 54.7 Å². The number of hydrogen-bond acceptors (Lipinski definition) is 0. The van der Waals surface area contributed by atoms with Crippen molar-refractivity contribution in [3.63, 3.8) is 0 Å². The lowest BCUT2D eigenvalue weighted by Gasteiger charge is -2.11. The standard InChI is InChI=1S/C16H12F3N/c1-11-9-13(16(17,18)19)10-12-7-8-20(15(11)12)14-5-3-2-4-6-14/h2-10H,1H3. The van der Waals surface area contributed by atoms with Crippen LogP contribution in [0.2, 0.25) is 0 Å². The zero-order valence-electron chi connectivity index (χ0n) is 10.8. The number of nitrogens with zero attached hydrogens (tertiary/aromatic N) is 1. The van der Waals surface area contributed by atoms with Crippen molar-refractivity contribution < 1.29 is 13.2 Å². The van der Waals surface area contributed by atoms with Gasteiger partial charge in [0.15, 0.2) is 0 Å². The van der Waals surface area contributed by atoms with E-state index < -0.39 is 11.7 Å². The predicted molar refractivity (Wildman–Crippen MR) is 73.0 cm³/mol. The van der Waals surface area contributed by atoms with Gasteiger partial charge in [0, 0.05) is 17.3 Å². The Balaban J connectivity index is 2.24. The summed E-state index contributed by atoms with van der Waals surface area (Å²) in [7, 11) is 0. The Bertz CT molecular complexity index is 754. The molecule has 2 aromatic carbocycles. The van der Waals surface area contributed by atoms with Crippen molar-refractivity contribution in [2.24, 2.45) is 0 Å². The first-order valence-electron chi connectivity index (χ1n) is 6.21. The predicted octanol–water partition coefficient (Wildman–Crippen LogP) is 4.96. The Morgan fingerprint density at radius 2 is 1.65 bits per heavy atom. The summed E-state index contributed by atoms with van der Waals surface area (Å²) in [5.41, 5.74) is 1.76. The van der Waals surface area contributed by atoms with E-state index in [-0.39, 0.29) is 0 Å². The summed E-state index contributed by atoms with van der Waals surface area (Å²) in [6.07, 6.45) is -2.51. The molecule has 0 aliphatic heterocycles. The Labute approximate surface area is 114 Å². The van der Waals surface area contributed by atoms with Crippen molar-refractivity contribution in [1.82, 2.24) is 4.57 Å². The fourth-order valence-electron chi connectivity index (χ4n) is 2.46. The molecule has 3 rings (SSSR count). The second kappa shape index (κ2) is 4.40. The monoisotopic (exact) mass is 275 g/mol. The summed E-state index contributed by atoms with van der Waals surface area (Å²) < 4.78 is 40.4. The normalized spacial score (nSPS) is 12.0. The molecule has 0 spiro atoms. The number of alkyl halides is 3. The molecule has 3 aromatic rings. The molecule has 0 atom stereocenters. The summed E-state index contributed by atoms with van der Waals surface area (Å²) in [6.45, 7) is 1.71. The fourth-order valence-corrected chi connectivity index (χ4v) is 2.46. The van der Waals surface area contributed by atoms with Crippen molar-refractivity contribution in [3.8, 4) is 5.69 Å². The van der Waals surface area contributed by atoms with Crippen LogP contribution in [0.4, 0.5) is 13.2 Å². The van der Waals surface area contributed by atoms with Gasteiger partial charge in [0.25, 0.3) is 0 Å². The first kappa shape index (κ1) is 12.8. The number of benzene rings is 2. The molecular weight excluding hydrogens is 263 g/mol. The van der Waals surface area contributed by atoms with Gasteiger partial charge >= 0.3 is 6.18 Å². The van der Waals surface area contributed by atoms with Gasteiger partial charge in [-0.3, -0.25) is 0 Å². The van der Waals surface area contributed by atoms with Crippen LogP contribution in [0.1, 0.15) is 11.1 Å². The lowest BCUT2D eigenvalue weighted by molar-refractivity contribution is -0.137. The minimum absolute atomic E-state index is 0.598. The molecule has 4 heteroatoms. The van der Waals surface area contributed by atoms with E-state index in [9.17, 15) is 13.2 Å². The van der Waals surface area contributed by atoms with Gasteiger partial charge in [-0.15, -0.1) is 0 Å². The Hall–Kier alpha value is -2.23. The lowest BCUT2D eigenvalue weighted by atomic mass is 10.1. The van der Waals surface area contributed by atoms with Crippen molar-refractivity contribution in [2.75, 3.05) is 0 Å². The van der Waals surface area contributed by atoms with E-state index >= 15 is 0 Å². The molecule has 0 radical (unpaired) electrons. The minimum Gasteiger partial charge on any atom is -0.316 e. The molecule has 1 heterocycles. The fraction of sp³-hybridized carbons (Fsp3) is 0.125. The van der Waals surface area contributed by atoms with Crippen LogP contribution in [0, 0.1) is 6.92 Å². The molecule has 0 saturated heterocycles. The molecule has 0 unspecified atom stereocenters. The van der Waals surface area contributed by atoms with Crippen LogP contribution in [-0.4, -0.2) is 4.57 Å². The summed E-state index contributed by atoms with van der Waals surface area (Å²) in [6, 6.07) is 13.7. The molecule has 1 nitrogen and oxygen atoms in total. The van der Waals surface area contributed by atoms with Gasteiger partial charge in [0.05, 0.1) is 11.1 Å². The van der Waals surface area contributed by atoms with Crippen LogP contribution < -0.4 is 0 Å². The third-order valence-corrected chi connectivity index (χ3v) is 3.34. The SMILES string of the molecule is Cc1cc(C(F)(F)F)cc2ccn(-c3ccccc3)c12. The largest absolute Gasteiger partial charge is 0.416 e. The molecule has 0 saturated carbocycles. The van der Waals surface area contributed by atoms with E-state index in [1.54, 1.807) is 19.2 Å². The van der Waals surface area contributed by atoms with Crippen LogP contribution >= 0.6 is 0 Å². The Kier molecular flexibility index (Phi) is 2.82. The number of hydrogen-bond donors (Lipinski definition) is 0. The molecule has 1 aromatic heterocycles.